The van der Waals surface area contributed by atoms with Crippen LogP contribution >= 0.6 is 0 Å². The van der Waals surface area contributed by atoms with E-state index in [0.717, 1.165) is 5.56 Å². The van der Waals surface area contributed by atoms with Crippen molar-refractivity contribution in [3.63, 3.8) is 0 Å². The first-order valence-corrected chi connectivity index (χ1v) is 10.2. The SMILES string of the molecule is COc1ccccc1C(=O)N1CCN(S(=O)(=O)/C=C/c2ccccc2)CC1. The normalized spacial score (nSPS) is 15.8. The first kappa shape index (κ1) is 19.1. The molecule has 27 heavy (non-hydrogen) atoms. The Kier molecular flexibility index (Phi) is 5.93. The van der Waals surface area contributed by atoms with E-state index in [-0.39, 0.29) is 19.0 Å². The number of hydrogen-bond acceptors (Lipinski definition) is 4. The predicted molar refractivity (Wildman–Crippen MR) is 105 cm³/mol. The van der Waals surface area contributed by atoms with Crippen molar-refractivity contribution < 1.29 is 17.9 Å². The summed E-state index contributed by atoms with van der Waals surface area (Å²) in [5.74, 6) is 0.368. The largest absolute Gasteiger partial charge is 0.496 e. The minimum absolute atomic E-state index is 0.149. The number of carbonyl (C=O) groups excluding carboxylic acids is 1. The van der Waals surface area contributed by atoms with Gasteiger partial charge in [0.1, 0.15) is 5.75 Å². The highest BCUT2D eigenvalue weighted by Crippen LogP contribution is 2.21. The summed E-state index contributed by atoms with van der Waals surface area (Å²) in [5, 5.41) is 1.22. The molecule has 2 aromatic carbocycles. The Morgan fingerprint density at radius 2 is 1.59 bits per heavy atom. The zero-order chi connectivity index (χ0) is 19.3. The third-order valence-electron chi connectivity index (χ3n) is 4.46. The summed E-state index contributed by atoms with van der Waals surface area (Å²) in [6.07, 6.45) is 1.59. The molecule has 1 heterocycles. The standard InChI is InChI=1S/C20H22N2O4S/c1-26-19-10-6-5-9-18(19)20(23)21-12-14-22(15-13-21)27(24,25)16-11-17-7-3-2-4-8-17/h2-11,16H,12-15H2,1H3/b16-11+. The lowest BCUT2D eigenvalue weighted by atomic mass is 10.1. The molecule has 2 aromatic rings. The number of para-hydroxylation sites is 1. The molecule has 6 nitrogen and oxygen atoms in total. The number of piperazine rings is 1. The molecule has 1 aliphatic rings. The Hall–Kier alpha value is -2.64. The zero-order valence-corrected chi connectivity index (χ0v) is 15.9. The summed E-state index contributed by atoms with van der Waals surface area (Å²) >= 11 is 0. The van der Waals surface area contributed by atoms with Gasteiger partial charge in [-0.3, -0.25) is 4.79 Å². The number of ether oxygens (including phenoxy) is 1. The number of amides is 1. The number of methoxy groups -OCH3 is 1. The number of nitrogens with zero attached hydrogens (tertiary/aromatic N) is 2. The van der Waals surface area contributed by atoms with E-state index in [9.17, 15) is 13.2 Å². The number of hydrogen-bond donors (Lipinski definition) is 0. The lowest BCUT2D eigenvalue weighted by molar-refractivity contribution is 0.0695. The first-order chi connectivity index (χ1) is 13.0. The van der Waals surface area contributed by atoms with Crippen molar-refractivity contribution in [2.75, 3.05) is 33.3 Å². The first-order valence-electron chi connectivity index (χ1n) is 8.67. The molecular weight excluding hydrogens is 364 g/mol. The van der Waals surface area contributed by atoms with Gasteiger partial charge < -0.3 is 9.64 Å². The fourth-order valence-electron chi connectivity index (χ4n) is 2.95. The van der Waals surface area contributed by atoms with Crippen LogP contribution in [0.3, 0.4) is 0 Å². The highest BCUT2D eigenvalue weighted by molar-refractivity contribution is 7.92. The lowest BCUT2D eigenvalue weighted by Gasteiger charge is -2.33. The van der Waals surface area contributed by atoms with Gasteiger partial charge in [0.05, 0.1) is 12.7 Å². The molecule has 7 heteroatoms. The van der Waals surface area contributed by atoms with Crippen molar-refractivity contribution in [1.82, 2.24) is 9.21 Å². The molecule has 142 valence electrons. The van der Waals surface area contributed by atoms with E-state index in [1.165, 1.54) is 16.8 Å². The highest BCUT2D eigenvalue weighted by atomic mass is 32.2. The zero-order valence-electron chi connectivity index (χ0n) is 15.1. The third-order valence-corrected chi connectivity index (χ3v) is 6.02. The maximum absolute atomic E-state index is 12.7. The molecule has 1 fully saturated rings. The van der Waals surface area contributed by atoms with Gasteiger partial charge in [0.2, 0.25) is 10.0 Å². The van der Waals surface area contributed by atoms with Crippen LogP contribution in [-0.4, -0.2) is 56.8 Å². The number of rotatable bonds is 5. The van der Waals surface area contributed by atoms with E-state index in [0.29, 0.717) is 24.4 Å². The lowest BCUT2D eigenvalue weighted by Crippen LogP contribution is -2.50. The molecule has 0 saturated carbocycles. The van der Waals surface area contributed by atoms with Crippen LogP contribution in [0.2, 0.25) is 0 Å². The fraction of sp³-hybridized carbons (Fsp3) is 0.250. The summed E-state index contributed by atoms with van der Waals surface area (Å²) in [4.78, 5) is 14.4. The molecule has 0 radical (unpaired) electrons. The van der Waals surface area contributed by atoms with E-state index in [2.05, 4.69) is 0 Å². The molecule has 3 rings (SSSR count). The van der Waals surface area contributed by atoms with E-state index in [1.54, 1.807) is 35.2 Å². The van der Waals surface area contributed by atoms with Gasteiger partial charge in [-0.25, -0.2) is 8.42 Å². The molecule has 1 aliphatic heterocycles. The van der Waals surface area contributed by atoms with Gasteiger partial charge >= 0.3 is 0 Å². The Bertz CT molecular complexity index is 918. The van der Waals surface area contributed by atoms with Gasteiger partial charge in [-0.05, 0) is 23.8 Å². The minimum Gasteiger partial charge on any atom is -0.496 e. The molecule has 0 spiro atoms. The highest BCUT2D eigenvalue weighted by Gasteiger charge is 2.28. The summed E-state index contributed by atoms with van der Waals surface area (Å²) < 4.78 is 31.7. The van der Waals surface area contributed by atoms with Crippen molar-refractivity contribution in [2.24, 2.45) is 0 Å². The van der Waals surface area contributed by atoms with Gasteiger partial charge in [0.25, 0.3) is 5.91 Å². The fourth-order valence-corrected chi connectivity index (χ4v) is 4.13. The van der Waals surface area contributed by atoms with Crippen molar-refractivity contribution in [3.8, 4) is 5.75 Å². The van der Waals surface area contributed by atoms with Crippen LogP contribution in [0, 0.1) is 0 Å². The van der Waals surface area contributed by atoms with Crippen molar-refractivity contribution in [3.05, 3.63) is 71.1 Å². The second kappa shape index (κ2) is 8.37. The molecular formula is C20H22N2O4S. The maximum Gasteiger partial charge on any atom is 0.257 e. The molecule has 1 saturated heterocycles. The van der Waals surface area contributed by atoms with Crippen LogP contribution in [0.15, 0.2) is 60.0 Å². The Balaban J connectivity index is 1.64. The summed E-state index contributed by atoms with van der Waals surface area (Å²) in [6.45, 7) is 1.22. The predicted octanol–water partition coefficient (Wildman–Crippen LogP) is 2.45. The van der Waals surface area contributed by atoms with Crippen LogP contribution in [0.25, 0.3) is 6.08 Å². The molecule has 1 amide bonds. The molecule has 0 aliphatic carbocycles. The van der Waals surface area contributed by atoms with Crippen LogP contribution in [0.4, 0.5) is 0 Å². The second-order valence-corrected chi connectivity index (χ2v) is 7.97. The maximum atomic E-state index is 12.7. The van der Waals surface area contributed by atoms with Crippen LogP contribution in [0.1, 0.15) is 15.9 Å². The Morgan fingerprint density at radius 3 is 2.26 bits per heavy atom. The van der Waals surface area contributed by atoms with Gasteiger partial charge in [-0.2, -0.15) is 4.31 Å². The smallest absolute Gasteiger partial charge is 0.257 e. The summed E-state index contributed by atoms with van der Waals surface area (Å²) in [6, 6.07) is 16.3. The summed E-state index contributed by atoms with van der Waals surface area (Å²) in [7, 11) is -1.99. The van der Waals surface area contributed by atoms with Crippen molar-refractivity contribution >= 4 is 22.0 Å². The van der Waals surface area contributed by atoms with Crippen LogP contribution in [0.5, 0.6) is 5.75 Å². The van der Waals surface area contributed by atoms with Crippen LogP contribution in [-0.2, 0) is 10.0 Å². The molecule has 0 bridgehead atoms. The Labute approximate surface area is 159 Å². The van der Waals surface area contributed by atoms with Gasteiger partial charge in [0, 0.05) is 31.6 Å². The topological polar surface area (TPSA) is 66.9 Å². The van der Waals surface area contributed by atoms with Crippen molar-refractivity contribution in [1.29, 1.82) is 0 Å². The number of carbonyl (C=O) groups is 1. The van der Waals surface area contributed by atoms with E-state index in [4.69, 9.17) is 4.74 Å². The van der Waals surface area contributed by atoms with E-state index >= 15 is 0 Å². The molecule has 0 aromatic heterocycles. The van der Waals surface area contributed by atoms with E-state index in [1.807, 2.05) is 30.3 Å². The summed E-state index contributed by atoms with van der Waals surface area (Å²) in [5.41, 5.74) is 1.31. The van der Waals surface area contributed by atoms with Gasteiger partial charge in [-0.1, -0.05) is 42.5 Å². The van der Waals surface area contributed by atoms with E-state index < -0.39 is 10.0 Å². The van der Waals surface area contributed by atoms with Crippen LogP contribution < -0.4 is 4.74 Å². The monoisotopic (exact) mass is 386 g/mol. The molecule has 0 unspecified atom stereocenters. The van der Waals surface area contributed by atoms with Gasteiger partial charge in [-0.15, -0.1) is 0 Å². The number of benzene rings is 2. The van der Waals surface area contributed by atoms with Crippen molar-refractivity contribution in [2.45, 2.75) is 0 Å². The number of sulfonamides is 1. The third kappa shape index (κ3) is 4.56. The quantitative estimate of drug-likeness (QED) is 0.792. The average Bonchev–Trinajstić information content (AvgIpc) is 2.72. The molecule has 0 N–H and O–H groups in total. The minimum atomic E-state index is -3.52. The average molecular weight is 386 g/mol. The van der Waals surface area contributed by atoms with Gasteiger partial charge in [0.15, 0.2) is 0 Å². The molecule has 0 atom stereocenters. The second-order valence-electron chi connectivity index (χ2n) is 6.15. The Morgan fingerprint density at radius 1 is 0.963 bits per heavy atom.